The summed E-state index contributed by atoms with van der Waals surface area (Å²) in [5, 5.41) is 0. The predicted molar refractivity (Wildman–Crippen MR) is 53.2 cm³/mol. The normalized spacial score (nSPS) is 20.7. The Morgan fingerprint density at radius 2 is 2.44 bits per heavy atom. The first-order valence-corrected chi connectivity index (χ1v) is 5.27. The minimum absolute atomic E-state index is 0.139. The molecule has 2 rings (SSSR count). The molecule has 0 aromatic carbocycles. The number of likely N-dealkylation sites (tertiary alicyclic amines) is 1. The zero-order chi connectivity index (χ0) is 11.5. The molecule has 1 saturated heterocycles. The van der Waals surface area contributed by atoms with E-state index in [1.165, 1.54) is 17.4 Å². The van der Waals surface area contributed by atoms with E-state index in [0.717, 1.165) is 5.56 Å². The van der Waals surface area contributed by atoms with Gasteiger partial charge in [-0.1, -0.05) is 0 Å². The first-order chi connectivity index (χ1) is 7.68. The van der Waals surface area contributed by atoms with Crippen LogP contribution >= 0.6 is 0 Å². The number of rotatable bonds is 3. The molecule has 1 aromatic rings. The Morgan fingerprint density at radius 1 is 1.62 bits per heavy atom. The number of carbonyl (C=O) groups excluding carboxylic acids is 1. The van der Waals surface area contributed by atoms with Gasteiger partial charge in [0.25, 0.3) is 6.43 Å². The van der Waals surface area contributed by atoms with Gasteiger partial charge in [-0.3, -0.25) is 4.79 Å². The van der Waals surface area contributed by atoms with E-state index in [1.54, 1.807) is 6.07 Å². The van der Waals surface area contributed by atoms with Gasteiger partial charge in [0.1, 0.15) is 0 Å². The molecule has 0 saturated carbocycles. The average Bonchev–Trinajstić information content (AvgIpc) is 2.86. The fourth-order valence-corrected chi connectivity index (χ4v) is 2.03. The molecule has 2 heterocycles. The number of furan rings is 1. The first-order valence-electron chi connectivity index (χ1n) is 5.27. The van der Waals surface area contributed by atoms with Crippen molar-refractivity contribution in [3.05, 3.63) is 24.2 Å². The van der Waals surface area contributed by atoms with Crippen LogP contribution < -0.4 is 0 Å². The van der Waals surface area contributed by atoms with E-state index in [2.05, 4.69) is 0 Å². The Labute approximate surface area is 92.0 Å². The van der Waals surface area contributed by atoms with E-state index in [1.807, 2.05) is 0 Å². The third kappa shape index (κ3) is 2.23. The molecule has 1 fully saturated rings. The molecule has 0 radical (unpaired) electrons. The third-order valence-corrected chi connectivity index (χ3v) is 2.85. The molecule has 0 spiro atoms. The summed E-state index contributed by atoms with van der Waals surface area (Å²) in [6.07, 6.45) is 1.68. The summed E-state index contributed by atoms with van der Waals surface area (Å²) in [6.45, 7) is 0.436. The van der Waals surface area contributed by atoms with E-state index >= 15 is 0 Å². The maximum atomic E-state index is 12.6. The smallest absolute Gasteiger partial charge is 0.258 e. The van der Waals surface area contributed by atoms with Gasteiger partial charge in [-0.05, 0) is 24.5 Å². The number of alkyl halides is 2. The molecule has 16 heavy (non-hydrogen) atoms. The van der Waals surface area contributed by atoms with Gasteiger partial charge in [0.05, 0.1) is 25.0 Å². The standard InChI is InChI=1S/C11H13F2NO2/c12-11(13)9-2-1-4-14(9)10(15)6-8-3-5-16-7-8/h3,5,7,9,11H,1-2,4,6H2/t9-/m1/s1. The number of halogens is 2. The predicted octanol–water partition coefficient (Wildman–Crippen LogP) is 2.08. The van der Waals surface area contributed by atoms with Gasteiger partial charge in [0, 0.05) is 6.54 Å². The van der Waals surface area contributed by atoms with Crippen LogP contribution in [0.3, 0.4) is 0 Å². The van der Waals surface area contributed by atoms with Crippen LogP contribution in [-0.4, -0.2) is 29.8 Å². The summed E-state index contributed by atoms with van der Waals surface area (Å²) in [5.41, 5.74) is 0.727. The topological polar surface area (TPSA) is 33.5 Å². The van der Waals surface area contributed by atoms with Gasteiger partial charge in [-0.25, -0.2) is 8.78 Å². The van der Waals surface area contributed by atoms with E-state index < -0.39 is 12.5 Å². The number of hydrogen-bond acceptors (Lipinski definition) is 2. The second-order valence-corrected chi connectivity index (χ2v) is 3.94. The molecule has 1 aliphatic rings. The summed E-state index contributed by atoms with van der Waals surface area (Å²) in [6, 6.07) is 0.769. The molecule has 3 nitrogen and oxygen atoms in total. The lowest BCUT2D eigenvalue weighted by Gasteiger charge is -2.23. The second kappa shape index (κ2) is 4.63. The van der Waals surface area contributed by atoms with Crippen LogP contribution in [0.4, 0.5) is 8.78 Å². The number of carbonyl (C=O) groups is 1. The van der Waals surface area contributed by atoms with E-state index in [0.29, 0.717) is 19.4 Å². The van der Waals surface area contributed by atoms with Crippen LogP contribution in [0.25, 0.3) is 0 Å². The van der Waals surface area contributed by atoms with Crippen molar-refractivity contribution in [2.75, 3.05) is 6.54 Å². The zero-order valence-electron chi connectivity index (χ0n) is 8.73. The van der Waals surface area contributed by atoms with Gasteiger partial charge in [-0.15, -0.1) is 0 Å². The molecule has 1 amide bonds. The van der Waals surface area contributed by atoms with Crippen molar-refractivity contribution in [1.29, 1.82) is 0 Å². The highest BCUT2D eigenvalue weighted by Gasteiger charge is 2.34. The Balaban J connectivity index is 1.99. The largest absolute Gasteiger partial charge is 0.472 e. The van der Waals surface area contributed by atoms with Crippen LogP contribution in [0.5, 0.6) is 0 Å². The highest BCUT2D eigenvalue weighted by atomic mass is 19.3. The summed E-state index contributed by atoms with van der Waals surface area (Å²) in [7, 11) is 0. The summed E-state index contributed by atoms with van der Waals surface area (Å²) in [5.74, 6) is -0.246. The lowest BCUT2D eigenvalue weighted by molar-refractivity contribution is -0.134. The molecule has 0 bridgehead atoms. The fraction of sp³-hybridized carbons (Fsp3) is 0.545. The van der Waals surface area contributed by atoms with Gasteiger partial charge in [0.2, 0.25) is 5.91 Å². The van der Waals surface area contributed by atoms with Crippen molar-refractivity contribution in [2.24, 2.45) is 0 Å². The van der Waals surface area contributed by atoms with Crippen molar-refractivity contribution in [3.8, 4) is 0 Å². The quantitative estimate of drug-likeness (QED) is 0.795. The monoisotopic (exact) mass is 229 g/mol. The molecule has 1 aromatic heterocycles. The van der Waals surface area contributed by atoms with Crippen LogP contribution in [-0.2, 0) is 11.2 Å². The SMILES string of the molecule is O=C(Cc1ccoc1)N1CCC[C@@H]1C(F)F. The third-order valence-electron chi connectivity index (χ3n) is 2.85. The number of hydrogen-bond donors (Lipinski definition) is 0. The van der Waals surface area contributed by atoms with Gasteiger partial charge in [-0.2, -0.15) is 0 Å². The minimum Gasteiger partial charge on any atom is -0.472 e. The Morgan fingerprint density at radius 3 is 3.06 bits per heavy atom. The second-order valence-electron chi connectivity index (χ2n) is 3.94. The van der Waals surface area contributed by atoms with Crippen molar-refractivity contribution < 1.29 is 18.0 Å². The number of amides is 1. The summed E-state index contributed by atoms with van der Waals surface area (Å²) >= 11 is 0. The molecule has 0 unspecified atom stereocenters. The van der Waals surface area contributed by atoms with Gasteiger partial charge in [0.15, 0.2) is 0 Å². The maximum Gasteiger partial charge on any atom is 0.258 e. The number of nitrogens with zero attached hydrogens (tertiary/aromatic N) is 1. The van der Waals surface area contributed by atoms with Gasteiger partial charge >= 0.3 is 0 Å². The highest BCUT2D eigenvalue weighted by Crippen LogP contribution is 2.23. The van der Waals surface area contributed by atoms with E-state index in [-0.39, 0.29) is 12.3 Å². The van der Waals surface area contributed by atoms with Crippen molar-refractivity contribution >= 4 is 5.91 Å². The summed E-state index contributed by atoms with van der Waals surface area (Å²) < 4.78 is 30.1. The van der Waals surface area contributed by atoms with E-state index in [4.69, 9.17) is 4.42 Å². The zero-order valence-corrected chi connectivity index (χ0v) is 8.73. The molecular weight excluding hydrogens is 216 g/mol. The van der Waals surface area contributed by atoms with Crippen LogP contribution in [0.2, 0.25) is 0 Å². The van der Waals surface area contributed by atoms with Crippen molar-refractivity contribution in [2.45, 2.75) is 31.7 Å². The molecule has 1 aliphatic heterocycles. The average molecular weight is 229 g/mol. The minimum atomic E-state index is -2.45. The molecule has 1 atom stereocenters. The molecule has 0 N–H and O–H groups in total. The van der Waals surface area contributed by atoms with Crippen LogP contribution in [0, 0.1) is 0 Å². The fourth-order valence-electron chi connectivity index (χ4n) is 2.03. The lowest BCUT2D eigenvalue weighted by Crippen LogP contribution is -2.40. The Bertz CT molecular complexity index is 351. The molecular formula is C11H13F2NO2. The first kappa shape index (κ1) is 11.1. The van der Waals surface area contributed by atoms with Gasteiger partial charge < -0.3 is 9.32 Å². The molecule has 0 aliphatic carbocycles. The highest BCUT2D eigenvalue weighted by molar-refractivity contribution is 5.79. The Kier molecular flexibility index (Phi) is 3.22. The van der Waals surface area contributed by atoms with Crippen LogP contribution in [0.1, 0.15) is 18.4 Å². The maximum absolute atomic E-state index is 12.6. The van der Waals surface area contributed by atoms with Crippen LogP contribution in [0.15, 0.2) is 23.0 Å². The Hall–Kier alpha value is -1.39. The van der Waals surface area contributed by atoms with Crippen molar-refractivity contribution in [3.63, 3.8) is 0 Å². The molecule has 88 valence electrons. The lowest BCUT2D eigenvalue weighted by atomic mass is 10.2. The van der Waals surface area contributed by atoms with E-state index in [9.17, 15) is 13.6 Å². The molecule has 5 heteroatoms. The van der Waals surface area contributed by atoms with Crippen molar-refractivity contribution in [1.82, 2.24) is 4.90 Å². The summed E-state index contributed by atoms with van der Waals surface area (Å²) in [4.78, 5) is 13.1.